The van der Waals surface area contributed by atoms with Crippen LogP contribution in [0.4, 0.5) is 11.5 Å². The number of hydrogen-bond donors (Lipinski definition) is 1. The quantitative estimate of drug-likeness (QED) is 0.482. The Morgan fingerprint density at radius 1 is 1.71 bits per heavy atom. The van der Waals surface area contributed by atoms with Crippen LogP contribution in [0, 0.1) is 29.4 Å². The van der Waals surface area contributed by atoms with Gasteiger partial charge in [-0.15, -0.1) is 6.42 Å². The molecule has 0 aromatic carbocycles. The molecule has 1 atom stereocenters. The third-order valence-electron chi connectivity index (χ3n) is 2.40. The minimum absolute atomic E-state index is 0.0103. The van der Waals surface area contributed by atoms with E-state index in [0.29, 0.717) is 5.56 Å². The van der Waals surface area contributed by atoms with Crippen molar-refractivity contribution in [3.8, 4) is 12.3 Å². The van der Waals surface area contributed by atoms with Crippen molar-refractivity contribution in [1.82, 2.24) is 4.98 Å². The highest BCUT2D eigenvalue weighted by Crippen LogP contribution is 2.26. The predicted molar refractivity (Wildman–Crippen MR) is 66.8 cm³/mol. The summed E-state index contributed by atoms with van der Waals surface area (Å²) in [4.78, 5) is 14.5. The van der Waals surface area contributed by atoms with Gasteiger partial charge in [-0.25, -0.2) is 4.98 Å². The highest BCUT2D eigenvalue weighted by molar-refractivity contribution is 5.60. The molecule has 0 amide bonds. The first-order valence-corrected chi connectivity index (χ1v) is 5.42. The summed E-state index contributed by atoms with van der Waals surface area (Å²) in [7, 11) is 0. The first kappa shape index (κ1) is 13.0. The fourth-order valence-electron chi connectivity index (χ4n) is 1.54. The van der Waals surface area contributed by atoms with E-state index in [4.69, 9.17) is 6.42 Å². The Labute approximate surface area is 100 Å². The van der Waals surface area contributed by atoms with Crippen molar-refractivity contribution in [2.45, 2.75) is 32.7 Å². The lowest BCUT2D eigenvalue weighted by atomic mass is 10.1. The van der Waals surface area contributed by atoms with Crippen molar-refractivity contribution in [2.75, 3.05) is 5.32 Å². The molecule has 0 aliphatic rings. The summed E-state index contributed by atoms with van der Waals surface area (Å²) >= 11 is 0. The van der Waals surface area contributed by atoms with Gasteiger partial charge in [0.15, 0.2) is 0 Å². The molecule has 0 bridgehead atoms. The highest BCUT2D eigenvalue weighted by atomic mass is 16.6. The molecule has 0 aliphatic heterocycles. The summed E-state index contributed by atoms with van der Waals surface area (Å²) in [6.45, 7) is 3.68. The average molecular weight is 233 g/mol. The Bertz CT molecular complexity index is 452. The van der Waals surface area contributed by atoms with E-state index in [-0.39, 0.29) is 17.5 Å². The van der Waals surface area contributed by atoms with Crippen LogP contribution < -0.4 is 5.32 Å². The van der Waals surface area contributed by atoms with Gasteiger partial charge in [0.25, 0.3) is 0 Å². The largest absolute Gasteiger partial charge is 0.351 e. The van der Waals surface area contributed by atoms with E-state index in [9.17, 15) is 10.1 Å². The molecule has 1 aromatic rings. The van der Waals surface area contributed by atoms with Crippen LogP contribution in [0.15, 0.2) is 12.3 Å². The van der Waals surface area contributed by atoms with Gasteiger partial charge in [-0.3, -0.25) is 10.1 Å². The number of aryl methyl sites for hydroxylation is 1. The van der Waals surface area contributed by atoms with Crippen molar-refractivity contribution < 1.29 is 4.92 Å². The van der Waals surface area contributed by atoms with Crippen molar-refractivity contribution >= 4 is 11.5 Å². The molecule has 90 valence electrons. The zero-order valence-corrected chi connectivity index (χ0v) is 9.93. The lowest BCUT2D eigenvalue weighted by Gasteiger charge is -2.13. The molecule has 5 heteroatoms. The molecule has 1 aromatic heterocycles. The van der Waals surface area contributed by atoms with Gasteiger partial charge in [0.2, 0.25) is 5.82 Å². The number of aromatic nitrogens is 1. The highest BCUT2D eigenvalue weighted by Gasteiger charge is 2.19. The maximum atomic E-state index is 10.9. The molecule has 0 aliphatic carbocycles. The Morgan fingerprint density at radius 2 is 2.41 bits per heavy atom. The standard InChI is InChI=1S/C12H15N3O2/c1-4-6-10(5-2)14-12-11(15(16)17)9(3)7-8-13-12/h2,7-8,10H,4,6H2,1,3H3,(H,13,14). The molecule has 0 fully saturated rings. The van der Waals surface area contributed by atoms with E-state index >= 15 is 0 Å². The number of rotatable bonds is 5. The molecule has 5 nitrogen and oxygen atoms in total. The van der Waals surface area contributed by atoms with E-state index < -0.39 is 4.92 Å². The first-order chi connectivity index (χ1) is 8.10. The van der Waals surface area contributed by atoms with E-state index in [2.05, 4.69) is 16.2 Å². The molecule has 17 heavy (non-hydrogen) atoms. The van der Waals surface area contributed by atoms with Crippen LogP contribution in [0.5, 0.6) is 0 Å². The van der Waals surface area contributed by atoms with E-state index in [1.54, 1.807) is 13.0 Å². The normalized spacial score (nSPS) is 11.6. The lowest BCUT2D eigenvalue weighted by Crippen LogP contribution is -2.18. The monoisotopic (exact) mass is 233 g/mol. The van der Waals surface area contributed by atoms with Crippen LogP contribution in [0.25, 0.3) is 0 Å². The second-order valence-corrected chi connectivity index (χ2v) is 3.73. The number of nitrogens with one attached hydrogen (secondary N) is 1. The van der Waals surface area contributed by atoms with Crippen LogP contribution in [-0.4, -0.2) is 15.9 Å². The van der Waals surface area contributed by atoms with Gasteiger partial charge in [0, 0.05) is 11.8 Å². The summed E-state index contributed by atoms with van der Waals surface area (Å²) in [5.74, 6) is 2.81. The van der Waals surface area contributed by atoms with Crippen LogP contribution in [0.3, 0.4) is 0 Å². The van der Waals surface area contributed by atoms with Crippen LogP contribution in [-0.2, 0) is 0 Å². The van der Waals surface area contributed by atoms with Gasteiger partial charge in [0.1, 0.15) is 0 Å². The zero-order chi connectivity index (χ0) is 12.8. The van der Waals surface area contributed by atoms with Gasteiger partial charge in [-0.05, 0) is 19.4 Å². The summed E-state index contributed by atoms with van der Waals surface area (Å²) in [5.41, 5.74) is 0.559. The smallest absolute Gasteiger partial charge is 0.314 e. The number of nitro groups is 1. The zero-order valence-electron chi connectivity index (χ0n) is 9.93. The van der Waals surface area contributed by atoms with Crippen LogP contribution in [0.1, 0.15) is 25.3 Å². The lowest BCUT2D eigenvalue weighted by molar-refractivity contribution is -0.384. The topological polar surface area (TPSA) is 68.1 Å². The van der Waals surface area contributed by atoms with Crippen LogP contribution >= 0.6 is 0 Å². The van der Waals surface area contributed by atoms with Crippen molar-refractivity contribution in [3.05, 3.63) is 27.9 Å². The number of terminal acetylenes is 1. The number of pyridine rings is 1. The van der Waals surface area contributed by atoms with Gasteiger partial charge >= 0.3 is 5.69 Å². The van der Waals surface area contributed by atoms with E-state index in [0.717, 1.165) is 12.8 Å². The summed E-state index contributed by atoms with van der Waals surface area (Å²) in [6, 6.07) is 1.38. The van der Waals surface area contributed by atoms with E-state index in [1.165, 1.54) is 6.20 Å². The molecule has 1 unspecified atom stereocenters. The molecule has 0 saturated carbocycles. The fraction of sp³-hybridized carbons (Fsp3) is 0.417. The molecule has 1 heterocycles. The SMILES string of the molecule is C#CC(CCC)Nc1nccc(C)c1[N+](=O)[O-]. The minimum Gasteiger partial charge on any atom is -0.351 e. The third-order valence-corrected chi connectivity index (χ3v) is 2.40. The Morgan fingerprint density at radius 3 is 2.94 bits per heavy atom. The van der Waals surface area contributed by atoms with Crippen molar-refractivity contribution in [3.63, 3.8) is 0 Å². The maximum absolute atomic E-state index is 10.9. The molecule has 1 rings (SSSR count). The Kier molecular flexibility index (Phi) is 4.46. The molecule has 0 radical (unpaired) electrons. The summed E-state index contributed by atoms with van der Waals surface area (Å²) in [5, 5.41) is 13.9. The molecule has 0 saturated heterocycles. The van der Waals surface area contributed by atoms with E-state index in [1.807, 2.05) is 6.92 Å². The van der Waals surface area contributed by atoms with Gasteiger partial charge in [-0.2, -0.15) is 0 Å². The maximum Gasteiger partial charge on any atom is 0.314 e. The average Bonchev–Trinajstić information content (AvgIpc) is 2.28. The summed E-state index contributed by atoms with van der Waals surface area (Å²) in [6.07, 6.45) is 8.55. The molecular formula is C12H15N3O2. The Hall–Kier alpha value is -2.09. The summed E-state index contributed by atoms with van der Waals surface area (Å²) < 4.78 is 0. The fourth-order valence-corrected chi connectivity index (χ4v) is 1.54. The number of anilines is 1. The van der Waals surface area contributed by atoms with Gasteiger partial charge < -0.3 is 5.32 Å². The number of hydrogen-bond acceptors (Lipinski definition) is 4. The second kappa shape index (κ2) is 5.85. The van der Waals surface area contributed by atoms with Gasteiger partial charge in [-0.1, -0.05) is 19.3 Å². The van der Waals surface area contributed by atoms with Crippen molar-refractivity contribution in [1.29, 1.82) is 0 Å². The molecular weight excluding hydrogens is 218 g/mol. The first-order valence-electron chi connectivity index (χ1n) is 5.42. The molecule has 1 N–H and O–H groups in total. The van der Waals surface area contributed by atoms with Crippen LogP contribution in [0.2, 0.25) is 0 Å². The Balaban J connectivity index is 3.02. The van der Waals surface area contributed by atoms with Crippen molar-refractivity contribution in [2.24, 2.45) is 0 Å². The third kappa shape index (κ3) is 3.18. The molecule has 0 spiro atoms. The predicted octanol–water partition coefficient (Wildman–Crippen LogP) is 2.51. The number of nitrogens with zero attached hydrogens (tertiary/aromatic N) is 2. The minimum atomic E-state index is -0.440. The second-order valence-electron chi connectivity index (χ2n) is 3.73. The van der Waals surface area contributed by atoms with Gasteiger partial charge in [0.05, 0.1) is 11.0 Å².